The van der Waals surface area contributed by atoms with Crippen molar-refractivity contribution in [1.29, 1.82) is 0 Å². The molecule has 1 N–H and O–H groups in total. The molecule has 2 aromatic carbocycles. The Balaban J connectivity index is 1.66. The van der Waals surface area contributed by atoms with Crippen LogP contribution in [0.3, 0.4) is 0 Å². The zero-order chi connectivity index (χ0) is 22.7. The lowest BCUT2D eigenvalue weighted by atomic mass is 10.1. The van der Waals surface area contributed by atoms with Crippen LogP contribution in [0, 0.1) is 6.92 Å². The van der Waals surface area contributed by atoms with Gasteiger partial charge in [0.15, 0.2) is 0 Å². The number of piperazine rings is 1. The van der Waals surface area contributed by atoms with Crippen LogP contribution in [0.2, 0.25) is 5.02 Å². The van der Waals surface area contributed by atoms with Gasteiger partial charge < -0.3 is 19.7 Å². The number of para-hydroxylation sites is 1. The highest BCUT2D eigenvalue weighted by Crippen LogP contribution is 2.31. The number of nitrogens with zero attached hydrogens (tertiary/aromatic N) is 3. The molecule has 6 nitrogen and oxygen atoms in total. The van der Waals surface area contributed by atoms with Gasteiger partial charge in [0.25, 0.3) is 5.91 Å². The van der Waals surface area contributed by atoms with Crippen molar-refractivity contribution in [1.82, 2.24) is 19.7 Å². The summed E-state index contributed by atoms with van der Waals surface area (Å²) in [5, 5.41) is 3.49. The van der Waals surface area contributed by atoms with E-state index in [4.69, 9.17) is 11.6 Å². The molecule has 0 aliphatic carbocycles. The van der Waals surface area contributed by atoms with Crippen LogP contribution in [0.1, 0.15) is 23.0 Å². The fraction of sp³-hybridized carbons (Fsp3) is 0.280. The topological polar surface area (TPSA) is 57.6 Å². The van der Waals surface area contributed by atoms with E-state index < -0.39 is 0 Å². The number of benzene rings is 2. The monoisotopic (exact) mass is 450 g/mol. The van der Waals surface area contributed by atoms with E-state index in [2.05, 4.69) is 9.88 Å². The fourth-order valence-corrected chi connectivity index (χ4v) is 4.24. The molecule has 0 bridgehead atoms. The van der Waals surface area contributed by atoms with Crippen molar-refractivity contribution in [2.24, 2.45) is 0 Å². The van der Waals surface area contributed by atoms with Crippen LogP contribution in [0.25, 0.3) is 16.9 Å². The van der Waals surface area contributed by atoms with Gasteiger partial charge in [-0.05, 0) is 49.7 Å². The standard InChI is InChI=1S/C25H27ClN4O2/c1-3-27-25(32)29-15-13-28(14-16-29)24(31)22-17-23(19-9-11-20(26)12-10-19)30(18(22)2)21-7-5-4-6-8-21/h4-12,17H,3,13-16H2,1-2H3,(H,27,32). The Morgan fingerprint density at radius 2 is 1.56 bits per heavy atom. The number of amides is 3. The highest BCUT2D eigenvalue weighted by molar-refractivity contribution is 6.30. The molecule has 0 radical (unpaired) electrons. The highest BCUT2D eigenvalue weighted by Gasteiger charge is 2.28. The minimum Gasteiger partial charge on any atom is -0.338 e. The molecule has 166 valence electrons. The summed E-state index contributed by atoms with van der Waals surface area (Å²) in [6.07, 6.45) is 0. The van der Waals surface area contributed by atoms with Crippen molar-refractivity contribution in [3.05, 3.63) is 76.9 Å². The average molecular weight is 451 g/mol. The van der Waals surface area contributed by atoms with Gasteiger partial charge in [0.1, 0.15) is 0 Å². The summed E-state index contributed by atoms with van der Waals surface area (Å²) >= 11 is 6.10. The Morgan fingerprint density at radius 1 is 0.938 bits per heavy atom. The zero-order valence-electron chi connectivity index (χ0n) is 18.3. The van der Waals surface area contributed by atoms with Crippen molar-refractivity contribution in [2.75, 3.05) is 32.7 Å². The van der Waals surface area contributed by atoms with Gasteiger partial charge in [-0.3, -0.25) is 4.79 Å². The molecule has 32 heavy (non-hydrogen) atoms. The van der Waals surface area contributed by atoms with E-state index >= 15 is 0 Å². The van der Waals surface area contributed by atoms with Crippen molar-refractivity contribution in [3.8, 4) is 16.9 Å². The van der Waals surface area contributed by atoms with Gasteiger partial charge in [0.05, 0.1) is 11.3 Å². The summed E-state index contributed by atoms with van der Waals surface area (Å²) < 4.78 is 2.11. The minimum atomic E-state index is -0.0731. The number of hydrogen-bond donors (Lipinski definition) is 1. The van der Waals surface area contributed by atoms with Gasteiger partial charge in [-0.1, -0.05) is 41.9 Å². The number of halogens is 1. The largest absolute Gasteiger partial charge is 0.338 e. The SMILES string of the molecule is CCNC(=O)N1CCN(C(=O)c2cc(-c3ccc(Cl)cc3)n(-c3ccccc3)c2C)CC1. The lowest BCUT2D eigenvalue weighted by Crippen LogP contribution is -2.53. The first-order chi connectivity index (χ1) is 15.5. The van der Waals surface area contributed by atoms with E-state index in [1.807, 2.05) is 79.4 Å². The summed E-state index contributed by atoms with van der Waals surface area (Å²) in [7, 11) is 0. The predicted molar refractivity (Wildman–Crippen MR) is 128 cm³/mol. The molecule has 1 aliphatic heterocycles. The number of nitrogens with one attached hydrogen (secondary N) is 1. The van der Waals surface area contributed by atoms with Crippen LogP contribution in [0.5, 0.6) is 0 Å². The summed E-state index contributed by atoms with van der Waals surface area (Å²) in [5.41, 5.74) is 4.48. The molecule has 3 amide bonds. The number of hydrogen-bond acceptors (Lipinski definition) is 2. The summed E-state index contributed by atoms with van der Waals surface area (Å²) in [5.74, 6) is -0.0112. The van der Waals surface area contributed by atoms with E-state index in [0.29, 0.717) is 43.3 Å². The molecule has 2 heterocycles. The van der Waals surface area contributed by atoms with Crippen molar-refractivity contribution >= 4 is 23.5 Å². The molecule has 4 rings (SSSR count). The predicted octanol–water partition coefficient (Wildman–Crippen LogP) is 4.59. The second-order valence-corrected chi connectivity index (χ2v) is 8.26. The van der Waals surface area contributed by atoms with Crippen LogP contribution < -0.4 is 5.32 Å². The maximum absolute atomic E-state index is 13.5. The second kappa shape index (κ2) is 9.49. The number of urea groups is 1. The van der Waals surface area contributed by atoms with E-state index in [0.717, 1.165) is 22.6 Å². The molecule has 3 aromatic rings. The zero-order valence-corrected chi connectivity index (χ0v) is 19.1. The van der Waals surface area contributed by atoms with Gasteiger partial charge in [-0.25, -0.2) is 4.79 Å². The maximum atomic E-state index is 13.5. The lowest BCUT2D eigenvalue weighted by Gasteiger charge is -2.34. The van der Waals surface area contributed by atoms with Crippen molar-refractivity contribution in [3.63, 3.8) is 0 Å². The molecule has 1 aromatic heterocycles. The molecule has 1 saturated heterocycles. The third kappa shape index (κ3) is 4.36. The van der Waals surface area contributed by atoms with Crippen molar-refractivity contribution < 1.29 is 9.59 Å². The Kier molecular flexibility index (Phi) is 6.51. The van der Waals surface area contributed by atoms with Crippen LogP contribution in [0.4, 0.5) is 4.79 Å². The van der Waals surface area contributed by atoms with E-state index in [1.165, 1.54) is 0 Å². The highest BCUT2D eigenvalue weighted by atomic mass is 35.5. The molecule has 0 unspecified atom stereocenters. The quantitative estimate of drug-likeness (QED) is 0.631. The van der Waals surface area contributed by atoms with E-state index in [9.17, 15) is 9.59 Å². The van der Waals surface area contributed by atoms with E-state index in [-0.39, 0.29) is 11.9 Å². The molecular formula is C25H27ClN4O2. The summed E-state index contributed by atoms with van der Waals surface area (Å²) in [4.78, 5) is 29.2. The Hall–Kier alpha value is -3.25. The maximum Gasteiger partial charge on any atom is 0.317 e. The van der Waals surface area contributed by atoms with Crippen LogP contribution in [-0.4, -0.2) is 59.0 Å². The summed E-state index contributed by atoms with van der Waals surface area (Å²) in [6, 6.07) is 19.6. The molecule has 1 fully saturated rings. The van der Waals surface area contributed by atoms with E-state index in [1.54, 1.807) is 4.90 Å². The lowest BCUT2D eigenvalue weighted by molar-refractivity contribution is 0.0664. The molecule has 0 spiro atoms. The summed E-state index contributed by atoms with van der Waals surface area (Å²) in [6.45, 7) is 6.56. The van der Waals surface area contributed by atoms with Crippen LogP contribution in [0.15, 0.2) is 60.7 Å². The first-order valence-corrected chi connectivity index (χ1v) is 11.2. The van der Waals surface area contributed by atoms with Crippen LogP contribution >= 0.6 is 11.6 Å². The van der Waals surface area contributed by atoms with Crippen LogP contribution in [-0.2, 0) is 0 Å². The van der Waals surface area contributed by atoms with Gasteiger partial charge >= 0.3 is 6.03 Å². The fourth-order valence-electron chi connectivity index (χ4n) is 4.11. The Labute approximate surface area is 193 Å². The van der Waals surface area contributed by atoms with Gasteiger partial charge in [-0.2, -0.15) is 0 Å². The molecule has 0 saturated carbocycles. The minimum absolute atomic E-state index is 0.0112. The molecule has 1 aliphatic rings. The third-order valence-electron chi connectivity index (χ3n) is 5.81. The number of aromatic nitrogens is 1. The first-order valence-electron chi connectivity index (χ1n) is 10.9. The molecule has 0 atom stereocenters. The molecular weight excluding hydrogens is 424 g/mol. The Morgan fingerprint density at radius 3 is 2.19 bits per heavy atom. The number of carbonyl (C=O) groups excluding carboxylic acids is 2. The smallest absolute Gasteiger partial charge is 0.317 e. The van der Waals surface area contributed by atoms with Gasteiger partial charge in [0.2, 0.25) is 0 Å². The normalized spacial score (nSPS) is 13.8. The number of rotatable bonds is 4. The van der Waals surface area contributed by atoms with Gasteiger partial charge in [0, 0.05) is 49.1 Å². The Bertz CT molecular complexity index is 1100. The molecule has 7 heteroatoms. The third-order valence-corrected chi connectivity index (χ3v) is 6.07. The first kappa shape index (κ1) is 22.0. The second-order valence-electron chi connectivity index (χ2n) is 7.82. The van der Waals surface area contributed by atoms with Gasteiger partial charge in [-0.15, -0.1) is 0 Å². The number of carbonyl (C=O) groups is 2. The average Bonchev–Trinajstić information content (AvgIpc) is 3.17. The van der Waals surface area contributed by atoms with Crippen molar-refractivity contribution in [2.45, 2.75) is 13.8 Å².